The van der Waals surface area contributed by atoms with Gasteiger partial charge in [0.1, 0.15) is 0 Å². The van der Waals surface area contributed by atoms with Crippen LogP contribution in [0.5, 0.6) is 0 Å². The van der Waals surface area contributed by atoms with Crippen LogP contribution in [0.15, 0.2) is 30.3 Å². The lowest BCUT2D eigenvalue weighted by molar-refractivity contribution is 0.0446. The molecule has 0 spiro atoms. The Morgan fingerprint density at radius 3 is 2.71 bits per heavy atom. The van der Waals surface area contributed by atoms with E-state index in [1.807, 2.05) is 6.92 Å². The van der Waals surface area contributed by atoms with Gasteiger partial charge in [0.2, 0.25) is 0 Å². The second-order valence-electron chi connectivity index (χ2n) is 4.67. The molecule has 2 atom stereocenters. The Morgan fingerprint density at radius 1 is 1.29 bits per heavy atom. The van der Waals surface area contributed by atoms with E-state index in [9.17, 15) is 0 Å². The summed E-state index contributed by atoms with van der Waals surface area (Å²) in [5, 5.41) is 0. The average molecular weight is 234 g/mol. The van der Waals surface area contributed by atoms with Gasteiger partial charge in [-0.25, -0.2) is 0 Å². The van der Waals surface area contributed by atoms with E-state index < -0.39 is 0 Å². The van der Waals surface area contributed by atoms with Crippen LogP contribution in [0.4, 0.5) is 0 Å². The maximum absolute atomic E-state index is 5.80. The third kappa shape index (κ3) is 3.28. The summed E-state index contributed by atoms with van der Waals surface area (Å²) in [5.41, 5.74) is 7.16. The van der Waals surface area contributed by atoms with Crippen LogP contribution in [0.25, 0.3) is 0 Å². The molecule has 0 aliphatic carbocycles. The zero-order valence-electron chi connectivity index (χ0n) is 10.5. The molecule has 0 amide bonds. The minimum atomic E-state index is 0.314. The van der Waals surface area contributed by atoms with Crippen LogP contribution < -0.4 is 5.73 Å². The Hall–Kier alpha value is -0.900. The van der Waals surface area contributed by atoms with Gasteiger partial charge in [0.15, 0.2) is 0 Å². The van der Waals surface area contributed by atoms with Gasteiger partial charge in [-0.3, -0.25) is 4.90 Å². The molecule has 0 unspecified atom stereocenters. The fourth-order valence-electron chi connectivity index (χ4n) is 2.53. The summed E-state index contributed by atoms with van der Waals surface area (Å²) in [7, 11) is 0. The smallest absolute Gasteiger partial charge is 0.0754 e. The Kier molecular flexibility index (Phi) is 4.54. The zero-order valence-corrected chi connectivity index (χ0v) is 10.5. The van der Waals surface area contributed by atoms with Crippen molar-refractivity contribution in [1.82, 2.24) is 4.90 Å². The summed E-state index contributed by atoms with van der Waals surface area (Å²) in [6, 6.07) is 10.6. The number of nitrogens with two attached hydrogens (primary N) is 1. The fourth-order valence-corrected chi connectivity index (χ4v) is 2.53. The minimum absolute atomic E-state index is 0.314. The highest BCUT2D eigenvalue weighted by molar-refractivity contribution is 5.14. The topological polar surface area (TPSA) is 38.5 Å². The van der Waals surface area contributed by atoms with Gasteiger partial charge in [-0.05, 0) is 19.0 Å². The first-order valence-corrected chi connectivity index (χ1v) is 6.41. The molecule has 1 aromatic carbocycles. The van der Waals surface area contributed by atoms with Crippen LogP contribution in [0.1, 0.15) is 12.5 Å². The van der Waals surface area contributed by atoms with Gasteiger partial charge in [-0.15, -0.1) is 0 Å². The maximum Gasteiger partial charge on any atom is 0.0754 e. The zero-order chi connectivity index (χ0) is 12.1. The quantitative estimate of drug-likeness (QED) is 0.838. The molecule has 17 heavy (non-hydrogen) atoms. The van der Waals surface area contributed by atoms with E-state index in [0.717, 1.165) is 32.8 Å². The largest absolute Gasteiger partial charge is 0.377 e. The summed E-state index contributed by atoms with van der Waals surface area (Å²) < 4.78 is 5.75. The van der Waals surface area contributed by atoms with E-state index in [-0.39, 0.29) is 0 Å². The van der Waals surface area contributed by atoms with Gasteiger partial charge in [0, 0.05) is 32.2 Å². The van der Waals surface area contributed by atoms with Gasteiger partial charge < -0.3 is 10.5 Å². The first-order chi connectivity index (χ1) is 8.33. The van der Waals surface area contributed by atoms with Gasteiger partial charge in [0.25, 0.3) is 0 Å². The predicted octanol–water partition coefficient (Wildman–Crippen LogP) is 1.48. The van der Waals surface area contributed by atoms with Crippen LogP contribution in [-0.2, 0) is 11.3 Å². The molecule has 94 valence electrons. The number of ether oxygens (including phenoxy) is 1. The standard InChI is InChI=1S/C14H22N2O/c1-2-17-14-11-16(10-13(14)8-15)9-12-6-4-3-5-7-12/h3-7,13-14H,2,8-11,15H2,1H3/t13-,14+/m1/s1. The van der Waals surface area contributed by atoms with Crippen molar-refractivity contribution in [2.24, 2.45) is 11.7 Å². The number of hydrogen-bond acceptors (Lipinski definition) is 3. The van der Waals surface area contributed by atoms with Gasteiger partial charge in [-0.1, -0.05) is 30.3 Å². The maximum atomic E-state index is 5.80. The summed E-state index contributed by atoms with van der Waals surface area (Å²) in [4.78, 5) is 2.44. The molecule has 1 saturated heterocycles. The lowest BCUT2D eigenvalue weighted by Gasteiger charge is -2.16. The highest BCUT2D eigenvalue weighted by Gasteiger charge is 2.31. The summed E-state index contributed by atoms with van der Waals surface area (Å²) in [6.07, 6.45) is 0.314. The van der Waals surface area contributed by atoms with Crippen LogP contribution in [-0.4, -0.2) is 37.2 Å². The Balaban J connectivity index is 1.91. The number of nitrogens with zero attached hydrogens (tertiary/aromatic N) is 1. The van der Waals surface area contributed by atoms with E-state index >= 15 is 0 Å². The number of hydrogen-bond donors (Lipinski definition) is 1. The average Bonchev–Trinajstić information content (AvgIpc) is 2.73. The van der Waals surface area contributed by atoms with E-state index in [0.29, 0.717) is 12.0 Å². The molecule has 0 radical (unpaired) electrons. The normalized spacial score (nSPS) is 25.3. The van der Waals surface area contributed by atoms with Crippen LogP contribution in [0, 0.1) is 5.92 Å². The molecule has 3 nitrogen and oxygen atoms in total. The Bertz CT molecular complexity index is 328. The van der Waals surface area contributed by atoms with E-state index in [1.54, 1.807) is 0 Å². The highest BCUT2D eigenvalue weighted by Crippen LogP contribution is 2.21. The molecule has 1 heterocycles. The van der Waals surface area contributed by atoms with Gasteiger partial charge >= 0.3 is 0 Å². The van der Waals surface area contributed by atoms with Crippen molar-refractivity contribution in [3.63, 3.8) is 0 Å². The monoisotopic (exact) mass is 234 g/mol. The molecule has 1 aliphatic heterocycles. The third-order valence-corrected chi connectivity index (χ3v) is 3.39. The van der Waals surface area contributed by atoms with E-state index in [4.69, 9.17) is 10.5 Å². The number of rotatable bonds is 5. The lowest BCUT2D eigenvalue weighted by atomic mass is 10.1. The second kappa shape index (κ2) is 6.15. The van der Waals surface area contributed by atoms with Crippen LogP contribution in [0.3, 0.4) is 0 Å². The summed E-state index contributed by atoms with van der Waals surface area (Å²) >= 11 is 0. The highest BCUT2D eigenvalue weighted by atomic mass is 16.5. The van der Waals surface area contributed by atoms with Crippen molar-refractivity contribution in [3.8, 4) is 0 Å². The molecule has 1 aliphatic rings. The van der Waals surface area contributed by atoms with Crippen LogP contribution >= 0.6 is 0 Å². The third-order valence-electron chi connectivity index (χ3n) is 3.39. The Morgan fingerprint density at radius 2 is 2.06 bits per heavy atom. The van der Waals surface area contributed by atoms with Crippen molar-refractivity contribution in [2.45, 2.75) is 19.6 Å². The first kappa shape index (κ1) is 12.6. The molecule has 0 saturated carbocycles. The molecular weight excluding hydrogens is 212 g/mol. The van der Waals surface area contributed by atoms with Crippen molar-refractivity contribution in [1.29, 1.82) is 0 Å². The van der Waals surface area contributed by atoms with E-state index in [2.05, 4.69) is 35.2 Å². The molecule has 3 heteroatoms. The van der Waals surface area contributed by atoms with Crippen molar-refractivity contribution in [3.05, 3.63) is 35.9 Å². The molecule has 1 aromatic rings. The van der Waals surface area contributed by atoms with Crippen molar-refractivity contribution in [2.75, 3.05) is 26.2 Å². The molecule has 2 rings (SSSR count). The molecular formula is C14H22N2O. The fraction of sp³-hybridized carbons (Fsp3) is 0.571. The lowest BCUT2D eigenvalue weighted by Crippen LogP contribution is -2.28. The van der Waals surface area contributed by atoms with Gasteiger partial charge in [-0.2, -0.15) is 0 Å². The second-order valence-corrected chi connectivity index (χ2v) is 4.67. The minimum Gasteiger partial charge on any atom is -0.377 e. The molecule has 2 N–H and O–H groups in total. The van der Waals surface area contributed by atoms with Gasteiger partial charge in [0.05, 0.1) is 6.10 Å². The number of likely N-dealkylation sites (tertiary alicyclic amines) is 1. The molecule has 0 bridgehead atoms. The predicted molar refractivity (Wildman–Crippen MR) is 69.7 cm³/mol. The summed E-state index contributed by atoms with van der Waals surface area (Å²) in [6.45, 7) is 6.60. The van der Waals surface area contributed by atoms with E-state index in [1.165, 1.54) is 5.56 Å². The van der Waals surface area contributed by atoms with Crippen molar-refractivity contribution < 1.29 is 4.74 Å². The molecule has 1 fully saturated rings. The summed E-state index contributed by atoms with van der Waals surface area (Å²) in [5.74, 6) is 0.485. The number of benzene rings is 1. The molecule has 0 aromatic heterocycles. The Labute approximate surface area is 104 Å². The first-order valence-electron chi connectivity index (χ1n) is 6.41. The SMILES string of the molecule is CCO[C@H]1CN(Cc2ccccc2)C[C@H]1CN. The van der Waals surface area contributed by atoms with Crippen LogP contribution in [0.2, 0.25) is 0 Å². The van der Waals surface area contributed by atoms with Crippen molar-refractivity contribution >= 4 is 0 Å².